The molecule has 0 aliphatic heterocycles. The molecule has 0 unspecified atom stereocenters. The molecular formula is C36H64N2S. The molecule has 39 heavy (non-hydrogen) atoms. The molecule has 0 fully saturated rings. The second-order valence-electron chi connectivity index (χ2n) is 12.2. The SMILES string of the molecule is CCCCCCCCCCCCCCCc1nc2cscc2nc1CCCCCCCCCCCCCCC. The fourth-order valence-electron chi connectivity index (χ4n) is 5.89. The fraction of sp³-hybridized carbons (Fsp3) is 0.833. The van der Waals surface area contributed by atoms with Crippen molar-refractivity contribution >= 4 is 22.4 Å². The van der Waals surface area contributed by atoms with Gasteiger partial charge in [-0.2, -0.15) is 0 Å². The first-order valence-corrected chi connectivity index (χ1v) is 18.5. The van der Waals surface area contributed by atoms with Crippen LogP contribution in [-0.4, -0.2) is 9.97 Å². The van der Waals surface area contributed by atoms with Gasteiger partial charge in [-0.15, -0.1) is 11.3 Å². The Hall–Kier alpha value is -0.960. The van der Waals surface area contributed by atoms with E-state index in [0.29, 0.717) is 0 Å². The van der Waals surface area contributed by atoms with Crippen LogP contribution in [-0.2, 0) is 12.8 Å². The minimum absolute atomic E-state index is 1.11. The van der Waals surface area contributed by atoms with E-state index in [1.54, 1.807) is 11.3 Å². The fourth-order valence-corrected chi connectivity index (χ4v) is 6.56. The van der Waals surface area contributed by atoms with Gasteiger partial charge >= 0.3 is 0 Å². The molecule has 0 radical (unpaired) electrons. The van der Waals surface area contributed by atoms with Crippen molar-refractivity contribution in [2.24, 2.45) is 0 Å². The van der Waals surface area contributed by atoms with Gasteiger partial charge in [0, 0.05) is 10.8 Å². The Balaban J connectivity index is 1.52. The summed E-state index contributed by atoms with van der Waals surface area (Å²) in [5.41, 5.74) is 4.81. The molecule has 2 heterocycles. The van der Waals surface area contributed by atoms with Gasteiger partial charge in [-0.1, -0.05) is 168 Å². The Morgan fingerprint density at radius 2 is 0.641 bits per heavy atom. The third kappa shape index (κ3) is 17.5. The first kappa shape index (κ1) is 34.2. The van der Waals surface area contributed by atoms with Crippen molar-refractivity contribution in [3.05, 3.63) is 22.1 Å². The standard InChI is InChI=1S/C36H64N2S/c1-3-5-7-9-11-13-15-17-19-21-23-25-27-29-33-34(38-36-32-39-31-35(36)37-33)30-28-26-24-22-20-18-16-14-12-10-8-6-4-2/h31-32H,3-30H2,1-2H3. The Kier molecular flexibility index (Phi) is 21.8. The predicted molar refractivity (Wildman–Crippen MR) is 176 cm³/mol. The van der Waals surface area contributed by atoms with Crippen molar-refractivity contribution in [2.75, 3.05) is 0 Å². The highest BCUT2D eigenvalue weighted by molar-refractivity contribution is 7.09. The number of unbranched alkanes of at least 4 members (excludes halogenated alkanes) is 24. The van der Waals surface area contributed by atoms with Crippen LogP contribution in [0, 0.1) is 0 Å². The van der Waals surface area contributed by atoms with Crippen LogP contribution >= 0.6 is 11.3 Å². The molecule has 0 saturated carbocycles. The van der Waals surface area contributed by atoms with E-state index in [0.717, 1.165) is 23.9 Å². The minimum atomic E-state index is 1.11. The smallest absolute Gasteiger partial charge is 0.0997 e. The van der Waals surface area contributed by atoms with Crippen molar-refractivity contribution < 1.29 is 0 Å². The lowest BCUT2D eigenvalue weighted by Gasteiger charge is -2.09. The lowest BCUT2D eigenvalue weighted by atomic mass is 10.0. The number of thiophene rings is 1. The Bertz CT molecular complexity index is 734. The van der Waals surface area contributed by atoms with Crippen molar-refractivity contribution in [1.82, 2.24) is 9.97 Å². The summed E-state index contributed by atoms with van der Waals surface area (Å²) in [4.78, 5) is 10.1. The van der Waals surface area contributed by atoms with Gasteiger partial charge in [0.1, 0.15) is 0 Å². The van der Waals surface area contributed by atoms with Gasteiger partial charge in [0.05, 0.1) is 22.4 Å². The van der Waals surface area contributed by atoms with Gasteiger partial charge in [-0.25, -0.2) is 9.97 Å². The first-order valence-electron chi connectivity index (χ1n) is 17.6. The number of hydrogen-bond acceptors (Lipinski definition) is 3. The molecule has 224 valence electrons. The van der Waals surface area contributed by atoms with E-state index in [1.807, 2.05) is 0 Å². The van der Waals surface area contributed by atoms with E-state index in [4.69, 9.17) is 9.97 Å². The molecule has 0 aliphatic rings. The first-order chi connectivity index (χ1) is 19.3. The van der Waals surface area contributed by atoms with Gasteiger partial charge in [0.2, 0.25) is 0 Å². The highest BCUT2D eigenvalue weighted by atomic mass is 32.1. The van der Waals surface area contributed by atoms with E-state index >= 15 is 0 Å². The zero-order valence-corrected chi connectivity index (χ0v) is 27.1. The minimum Gasteiger partial charge on any atom is -0.248 e. The van der Waals surface area contributed by atoms with E-state index < -0.39 is 0 Å². The van der Waals surface area contributed by atoms with Gasteiger partial charge in [0.15, 0.2) is 0 Å². The second-order valence-corrected chi connectivity index (χ2v) is 13.0. The molecule has 0 aliphatic carbocycles. The summed E-state index contributed by atoms with van der Waals surface area (Å²) >= 11 is 1.74. The summed E-state index contributed by atoms with van der Waals surface area (Å²) < 4.78 is 0. The van der Waals surface area contributed by atoms with Crippen LogP contribution in [0.1, 0.15) is 192 Å². The van der Waals surface area contributed by atoms with E-state index in [-0.39, 0.29) is 0 Å². The highest BCUT2D eigenvalue weighted by Gasteiger charge is 2.10. The average Bonchev–Trinajstić information content (AvgIpc) is 3.41. The van der Waals surface area contributed by atoms with Crippen molar-refractivity contribution in [3.63, 3.8) is 0 Å². The van der Waals surface area contributed by atoms with Crippen molar-refractivity contribution in [3.8, 4) is 0 Å². The quantitative estimate of drug-likeness (QED) is 0.0974. The largest absolute Gasteiger partial charge is 0.248 e. The number of aromatic nitrogens is 2. The van der Waals surface area contributed by atoms with Crippen LogP contribution in [0.3, 0.4) is 0 Å². The van der Waals surface area contributed by atoms with Crippen LogP contribution in [0.4, 0.5) is 0 Å². The molecule has 0 saturated heterocycles. The second kappa shape index (κ2) is 24.8. The summed E-state index contributed by atoms with van der Waals surface area (Å²) in [6.07, 6.45) is 38.9. The molecular weight excluding hydrogens is 492 g/mol. The molecule has 0 atom stereocenters. The Morgan fingerprint density at radius 3 is 0.923 bits per heavy atom. The van der Waals surface area contributed by atoms with E-state index in [1.165, 1.54) is 178 Å². The highest BCUT2D eigenvalue weighted by Crippen LogP contribution is 2.21. The van der Waals surface area contributed by atoms with Crippen LogP contribution in [0.2, 0.25) is 0 Å². The third-order valence-electron chi connectivity index (χ3n) is 8.50. The number of aryl methyl sites for hydroxylation is 2. The maximum Gasteiger partial charge on any atom is 0.0997 e. The van der Waals surface area contributed by atoms with Crippen molar-refractivity contribution in [2.45, 2.75) is 194 Å². The number of nitrogens with zero attached hydrogens (tertiary/aromatic N) is 2. The van der Waals surface area contributed by atoms with Crippen LogP contribution in [0.5, 0.6) is 0 Å². The summed E-state index contributed by atoms with van der Waals surface area (Å²) in [5.74, 6) is 0. The molecule has 0 N–H and O–H groups in total. The predicted octanol–water partition coefficient (Wildman–Crippen LogP) is 13.0. The summed E-state index contributed by atoms with van der Waals surface area (Å²) in [6, 6.07) is 0. The summed E-state index contributed by atoms with van der Waals surface area (Å²) in [6.45, 7) is 4.60. The van der Waals surface area contributed by atoms with Crippen molar-refractivity contribution in [1.29, 1.82) is 0 Å². The molecule has 3 heteroatoms. The molecule has 2 rings (SSSR count). The normalized spacial score (nSPS) is 11.6. The lowest BCUT2D eigenvalue weighted by molar-refractivity contribution is 0.536. The van der Waals surface area contributed by atoms with Gasteiger partial charge in [0.25, 0.3) is 0 Å². The van der Waals surface area contributed by atoms with Gasteiger partial charge in [-0.05, 0) is 25.7 Å². The van der Waals surface area contributed by atoms with Crippen LogP contribution in [0.15, 0.2) is 10.8 Å². The maximum absolute atomic E-state index is 5.06. The average molecular weight is 557 g/mol. The number of fused-ring (bicyclic) bond motifs is 1. The zero-order valence-electron chi connectivity index (χ0n) is 26.3. The topological polar surface area (TPSA) is 25.8 Å². The summed E-state index contributed by atoms with van der Waals surface area (Å²) in [7, 11) is 0. The Morgan fingerprint density at radius 1 is 0.385 bits per heavy atom. The lowest BCUT2D eigenvalue weighted by Crippen LogP contribution is -2.02. The van der Waals surface area contributed by atoms with Gasteiger partial charge in [-0.3, -0.25) is 0 Å². The van der Waals surface area contributed by atoms with E-state index in [2.05, 4.69) is 24.6 Å². The maximum atomic E-state index is 5.06. The van der Waals surface area contributed by atoms with Gasteiger partial charge < -0.3 is 0 Å². The Labute approximate surface area is 247 Å². The molecule has 0 amide bonds. The molecule has 0 bridgehead atoms. The molecule has 0 spiro atoms. The third-order valence-corrected chi connectivity index (χ3v) is 9.22. The van der Waals surface area contributed by atoms with E-state index in [9.17, 15) is 0 Å². The molecule has 2 aromatic heterocycles. The number of rotatable bonds is 28. The molecule has 0 aromatic carbocycles. The molecule has 2 nitrogen and oxygen atoms in total. The van der Waals surface area contributed by atoms with Crippen LogP contribution < -0.4 is 0 Å². The van der Waals surface area contributed by atoms with Crippen LogP contribution in [0.25, 0.3) is 11.0 Å². The molecule has 2 aromatic rings. The zero-order chi connectivity index (χ0) is 27.6. The summed E-state index contributed by atoms with van der Waals surface area (Å²) in [5, 5.41) is 4.34. The number of hydrogen-bond donors (Lipinski definition) is 0. The monoisotopic (exact) mass is 556 g/mol.